The van der Waals surface area contributed by atoms with E-state index in [1.807, 2.05) is 58.9 Å². The normalized spacial score (nSPS) is 19.6. The monoisotopic (exact) mass is 343 g/mol. The first-order valence-corrected chi connectivity index (χ1v) is 8.51. The van der Waals surface area contributed by atoms with E-state index >= 15 is 0 Å². The Morgan fingerprint density at radius 2 is 1.80 bits per heavy atom. The van der Waals surface area contributed by atoms with E-state index in [4.69, 9.17) is 9.31 Å². The van der Waals surface area contributed by atoms with E-state index in [2.05, 4.69) is 0 Å². The molecule has 0 unspecified atom stereocenters. The van der Waals surface area contributed by atoms with Crippen molar-refractivity contribution < 1.29 is 13.7 Å². The Morgan fingerprint density at radius 1 is 1.20 bits per heavy atom. The lowest BCUT2D eigenvalue weighted by atomic mass is 9.87. The molecule has 6 heteroatoms. The van der Waals surface area contributed by atoms with Crippen molar-refractivity contribution in [2.75, 3.05) is 0 Å². The number of halogens is 1. The van der Waals surface area contributed by atoms with Crippen LogP contribution in [0.1, 0.15) is 40.2 Å². The van der Waals surface area contributed by atoms with Gasteiger partial charge in [0.05, 0.1) is 16.7 Å². The molecule has 0 radical (unpaired) electrons. The molecular formula is C19H23BFNO3. The average molecular weight is 343 g/mol. The van der Waals surface area contributed by atoms with Gasteiger partial charge in [0.15, 0.2) is 0 Å². The third-order valence-electron chi connectivity index (χ3n) is 5.12. The van der Waals surface area contributed by atoms with E-state index in [-0.39, 0.29) is 11.1 Å². The van der Waals surface area contributed by atoms with Crippen LogP contribution in [-0.2, 0) is 15.9 Å². The summed E-state index contributed by atoms with van der Waals surface area (Å²) >= 11 is 0. The maximum atomic E-state index is 14.8. The molecule has 3 rings (SSSR count). The Balaban J connectivity index is 2.04. The van der Waals surface area contributed by atoms with E-state index in [1.165, 1.54) is 6.08 Å². The highest BCUT2D eigenvalue weighted by molar-refractivity contribution is 6.54. The molecule has 0 aliphatic carbocycles. The third kappa shape index (κ3) is 3.05. The van der Waals surface area contributed by atoms with Gasteiger partial charge in [0, 0.05) is 12.1 Å². The predicted octanol–water partition coefficient (Wildman–Crippen LogP) is 3.96. The molecule has 0 atom stereocenters. The lowest BCUT2D eigenvalue weighted by Crippen LogP contribution is -2.41. The molecule has 1 fully saturated rings. The Kier molecular flexibility index (Phi) is 4.37. The average Bonchev–Trinajstić information content (AvgIpc) is 2.76. The fourth-order valence-electron chi connectivity index (χ4n) is 2.94. The van der Waals surface area contributed by atoms with Gasteiger partial charge < -0.3 is 13.9 Å². The van der Waals surface area contributed by atoms with Gasteiger partial charge in [0.2, 0.25) is 0 Å². The smallest absolute Gasteiger partial charge is 0.398 e. The number of aryl methyl sites for hydroxylation is 1. The Bertz CT molecular complexity index is 885. The summed E-state index contributed by atoms with van der Waals surface area (Å²) in [7, 11) is -1.11. The second-order valence-electron chi connectivity index (χ2n) is 7.33. The molecule has 0 spiro atoms. The third-order valence-corrected chi connectivity index (χ3v) is 5.12. The van der Waals surface area contributed by atoms with Crippen molar-refractivity contribution in [2.24, 2.45) is 0 Å². The fourth-order valence-corrected chi connectivity index (χ4v) is 2.94. The number of hydrogen-bond donors (Lipinski definition) is 0. The summed E-state index contributed by atoms with van der Waals surface area (Å²) in [6.07, 6.45) is 1.23. The fraction of sp³-hybridized carbons (Fsp3) is 0.421. The largest absolute Gasteiger partial charge is 0.525 e. The van der Waals surface area contributed by atoms with Crippen molar-refractivity contribution in [1.82, 2.24) is 4.57 Å². The zero-order valence-electron chi connectivity index (χ0n) is 15.3. The molecule has 2 aromatic rings. The summed E-state index contributed by atoms with van der Waals surface area (Å²) in [4.78, 5) is 12.7. The number of benzene rings is 1. The maximum Gasteiger partial charge on any atom is 0.525 e. The van der Waals surface area contributed by atoms with Crippen LogP contribution in [0.4, 0.5) is 4.39 Å². The van der Waals surface area contributed by atoms with Gasteiger partial charge in [0.25, 0.3) is 5.56 Å². The Labute approximate surface area is 147 Å². The number of rotatable bonds is 3. The van der Waals surface area contributed by atoms with Crippen molar-refractivity contribution in [2.45, 2.75) is 52.4 Å². The highest BCUT2D eigenvalue weighted by Crippen LogP contribution is 2.39. The highest BCUT2D eigenvalue weighted by Gasteiger charge is 2.53. The van der Waals surface area contributed by atoms with Gasteiger partial charge in [-0.2, -0.15) is 0 Å². The molecule has 1 aromatic heterocycles. The van der Waals surface area contributed by atoms with Crippen molar-refractivity contribution in [3.63, 3.8) is 0 Å². The molecule has 0 amide bonds. The Hall–Kier alpha value is -1.92. The topological polar surface area (TPSA) is 40.5 Å². The van der Waals surface area contributed by atoms with Crippen LogP contribution in [0.15, 0.2) is 40.9 Å². The Morgan fingerprint density at radius 3 is 2.40 bits per heavy atom. The number of para-hydroxylation sites is 1. The van der Waals surface area contributed by atoms with Crippen LogP contribution in [0, 0.1) is 0 Å². The number of pyridine rings is 1. The molecule has 4 nitrogen and oxygen atoms in total. The maximum absolute atomic E-state index is 14.8. The van der Waals surface area contributed by atoms with Crippen molar-refractivity contribution in [3.05, 3.63) is 52.0 Å². The quantitative estimate of drug-likeness (QED) is 0.792. The first-order valence-electron chi connectivity index (χ1n) is 8.51. The minimum atomic E-state index is -1.11. The van der Waals surface area contributed by atoms with Crippen LogP contribution in [0.3, 0.4) is 0 Å². The lowest BCUT2D eigenvalue weighted by molar-refractivity contribution is 0.00578. The van der Waals surface area contributed by atoms with E-state index in [9.17, 15) is 9.18 Å². The van der Waals surface area contributed by atoms with E-state index < -0.39 is 24.0 Å². The molecular weight excluding hydrogens is 320 g/mol. The van der Waals surface area contributed by atoms with Crippen LogP contribution < -0.4 is 5.56 Å². The second kappa shape index (κ2) is 6.11. The minimum absolute atomic E-state index is 0.229. The van der Waals surface area contributed by atoms with Gasteiger partial charge in [-0.15, -0.1) is 0 Å². The second-order valence-corrected chi connectivity index (χ2v) is 7.33. The summed E-state index contributed by atoms with van der Waals surface area (Å²) in [6.45, 7) is 9.85. The summed E-state index contributed by atoms with van der Waals surface area (Å²) < 4.78 is 27.8. The van der Waals surface area contributed by atoms with Crippen molar-refractivity contribution in [3.8, 4) is 0 Å². The summed E-state index contributed by atoms with van der Waals surface area (Å²) in [5.41, 5.74) is -0.969. The number of nitrogens with zero attached hydrogens (tertiary/aromatic N) is 1. The van der Waals surface area contributed by atoms with E-state index in [0.29, 0.717) is 6.54 Å². The van der Waals surface area contributed by atoms with Crippen molar-refractivity contribution in [1.29, 1.82) is 0 Å². The predicted molar refractivity (Wildman–Crippen MR) is 99.0 cm³/mol. The molecule has 1 aliphatic rings. The van der Waals surface area contributed by atoms with Crippen LogP contribution in [0.25, 0.3) is 17.0 Å². The molecule has 0 bridgehead atoms. The van der Waals surface area contributed by atoms with Gasteiger partial charge in [-0.3, -0.25) is 4.79 Å². The molecule has 2 heterocycles. The van der Waals surface area contributed by atoms with Crippen molar-refractivity contribution >= 4 is 24.1 Å². The molecule has 132 valence electrons. The zero-order chi connectivity index (χ0) is 18.4. The first-order chi connectivity index (χ1) is 11.7. The van der Waals surface area contributed by atoms with Crippen LogP contribution in [0.5, 0.6) is 0 Å². The van der Waals surface area contributed by atoms with E-state index in [1.54, 1.807) is 10.6 Å². The molecule has 0 saturated carbocycles. The zero-order valence-corrected chi connectivity index (χ0v) is 15.3. The van der Waals surface area contributed by atoms with Gasteiger partial charge in [0.1, 0.15) is 5.73 Å². The standard InChI is InChI=1S/C19H23BFNO3/c1-6-22-15-10-8-7-9-13(15)11-14(17(22)23)12-16(21)20-24-18(2,3)19(4,5)25-20/h7-12H,6H2,1-5H3. The number of aromatic nitrogens is 1. The van der Waals surface area contributed by atoms with Crippen LogP contribution >= 0.6 is 0 Å². The van der Waals surface area contributed by atoms with E-state index in [0.717, 1.165) is 10.9 Å². The highest BCUT2D eigenvalue weighted by atomic mass is 19.1. The summed E-state index contributed by atoms with van der Waals surface area (Å²) in [5.74, 6) is 0. The number of hydrogen-bond acceptors (Lipinski definition) is 3. The summed E-state index contributed by atoms with van der Waals surface area (Å²) in [5, 5.41) is 0.886. The molecule has 1 aliphatic heterocycles. The first kappa shape index (κ1) is 17.9. The lowest BCUT2D eigenvalue weighted by Gasteiger charge is -2.32. The SMILES string of the molecule is CCn1c(=O)c(C=C(F)B2OC(C)(C)C(C)(C)O2)cc2ccccc21. The molecule has 1 saturated heterocycles. The summed E-state index contributed by atoms with van der Waals surface area (Å²) in [6, 6.07) is 9.28. The molecule has 0 N–H and O–H groups in total. The van der Waals surface area contributed by atoms with Gasteiger partial charge in [-0.25, -0.2) is 4.39 Å². The number of fused-ring (bicyclic) bond motifs is 1. The van der Waals surface area contributed by atoms with Gasteiger partial charge >= 0.3 is 7.12 Å². The molecule has 1 aromatic carbocycles. The molecule has 25 heavy (non-hydrogen) atoms. The van der Waals surface area contributed by atoms with Crippen LogP contribution in [0.2, 0.25) is 0 Å². The van der Waals surface area contributed by atoms with Crippen LogP contribution in [-0.4, -0.2) is 22.9 Å². The minimum Gasteiger partial charge on any atom is -0.398 e. The van der Waals surface area contributed by atoms with Gasteiger partial charge in [-0.1, -0.05) is 18.2 Å². The van der Waals surface area contributed by atoms with Gasteiger partial charge in [-0.05, 0) is 58.2 Å².